The Hall–Kier alpha value is -3.82. The van der Waals surface area contributed by atoms with Crippen molar-refractivity contribution in [3.8, 4) is 5.75 Å². The lowest BCUT2D eigenvalue weighted by Crippen LogP contribution is -2.49. The van der Waals surface area contributed by atoms with Crippen molar-refractivity contribution >= 4 is 29.0 Å². The third-order valence-electron chi connectivity index (χ3n) is 6.99. The van der Waals surface area contributed by atoms with Crippen molar-refractivity contribution in [1.29, 1.82) is 0 Å². The minimum absolute atomic E-state index is 0.0276. The van der Waals surface area contributed by atoms with Crippen LogP contribution in [0.3, 0.4) is 0 Å². The number of ether oxygens (including phenoxy) is 1. The van der Waals surface area contributed by atoms with Crippen LogP contribution in [0.5, 0.6) is 5.75 Å². The summed E-state index contributed by atoms with van der Waals surface area (Å²) in [5, 5.41) is 12.2. The van der Waals surface area contributed by atoms with Crippen molar-refractivity contribution < 1.29 is 24.5 Å². The van der Waals surface area contributed by atoms with E-state index in [1.165, 1.54) is 6.92 Å². The molecular formula is C27H35N6O4+. The summed E-state index contributed by atoms with van der Waals surface area (Å²) in [5.41, 5.74) is 1.03. The number of amides is 2. The maximum absolute atomic E-state index is 13.1. The number of carbonyl (C=O) groups excluding carboxylic acids is 3. The predicted molar refractivity (Wildman–Crippen MR) is 138 cm³/mol. The molecule has 4 rings (SSSR count). The molecule has 1 saturated heterocycles. The number of likely N-dealkylation sites (tertiary alicyclic amines) is 1. The Kier molecular flexibility index (Phi) is 8.47. The van der Waals surface area contributed by atoms with Crippen LogP contribution in [0.15, 0.2) is 36.7 Å². The average Bonchev–Trinajstić information content (AvgIpc) is 3.38. The Bertz CT molecular complexity index is 1150. The second-order valence-corrected chi connectivity index (χ2v) is 9.92. The number of aromatic nitrogens is 2. The van der Waals surface area contributed by atoms with Gasteiger partial charge in [-0.15, -0.1) is 0 Å². The van der Waals surface area contributed by atoms with E-state index in [4.69, 9.17) is 10.1 Å². The summed E-state index contributed by atoms with van der Waals surface area (Å²) in [7, 11) is 0. The molecule has 4 N–H and O–H groups in total. The largest absolute Gasteiger partial charge is 0.486 e. The molecule has 2 amide bonds. The molecule has 2 aromatic rings. The molecule has 196 valence electrons. The van der Waals surface area contributed by atoms with Gasteiger partial charge in [-0.1, -0.05) is 6.92 Å². The zero-order valence-electron chi connectivity index (χ0n) is 21.4. The fraction of sp³-hybridized carbons (Fsp3) is 0.481. The number of anilines is 1. The number of nitrogens with two attached hydrogens (primary N) is 1. The monoisotopic (exact) mass is 507 g/mol. The van der Waals surface area contributed by atoms with Gasteiger partial charge < -0.3 is 20.3 Å². The van der Waals surface area contributed by atoms with E-state index < -0.39 is 6.04 Å². The number of benzene rings is 1. The van der Waals surface area contributed by atoms with Crippen LogP contribution >= 0.6 is 0 Å². The number of carbonyl (C=O) groups is 3. The number of hydrogen-bond donors (Lipinski definition) is 3. The highest BCUT2D eigenvalue weighted by atomic mass is 16.5. The van der Waals surface area contributed by atoms with Gasteiger partial charge in [-0.25, -0.2) is 9.97 Å². The third kappa shape index (κ3) is 6.69. The van der Waals surface area contributed by atoms with Gasteiger partial charge in [0.25, 0.3) is 0 Å². The van der Waals surface area contributed by atoms with Crippen LogP contribution in [-0.2, 0) is 21.0 Å². The zero-order valence-corrected chi connectivity index (χ0v) is 21.4. The van der Waals surface area contributed by atoms with Crippen LogP contribution in [0.4, 0.5) is 5.69 Å². The Labute approximate surface area is 216 Å². The third-order valence-corrected chi connectivity index (χ3v) is 6.99. The Morgan fingerprint density at radius 3 is 2.65 bits per heavy atom. The molecule has 2 aliphatic rings. The second kappa shape index (κ2) is 11.9. The quantitative estimate of drug-likeness (QED) is 0.382. The van der Waals surface area contributed by atoms with Gasteiger partial charge in [0.15, 0.2) is 5.82 Å². The van der Waals surface area contributed by atoms with E-state index in [0.717, 1.165) is 25.2 Å². The lowest BCUT2D eigenvalue weighted by Gasteiger charge is -2.33. The molecular weight excluding hydrogens is 472 g/mol. The first-order valence-corrected chi connectivity index (χ1v) is 12.8. The Balaban J connectivity index is 1.37. The first-order valence-electron chi connectivity index (χ1n) is 12.8. The molecule has 10 nitrogen and oxygen atoms in total. The minimum Gasteiger partial charge on any atom is -0.486 e. The summed E-state index contributed by atoms with van der Waals surface area (Å²) in [6.45, 7) is 4.95. The van der Waals surface area contributed by atoms with E-state index in [0.29, 0.717) is 48.3 Å². The smallest absolute Gasteiger partial charge is 0.249 e. The summed E-state index contributed by atoms with van der Waals surface area (Å²) < 4.78 is 5.77. The molecule has 0 bridgehead atoms. The Morgan fingerprint density at radius 1 is 1.19 bits per heavy atom. The number of ketones is 1. The standard InChI is InChI=1S/C27H34N6O4/c1-17-11-19(12-17)14-32-27(36)23-5-3-10-33(23)25(35)15-31-22-7-6-20(13-21(22)26(28)18(2)34)37-16-24-29-8-4-9-30-24/h4,6-9,13,17,19,23,28,31H,3,5,10-12,14-16H2,1-2H3,(H,32,36)/p+1/t17?,19?,23-/m0/s1. The molecule has 0 unspecified atom stereocenters. The maximum atomic E-state index is 13.1. The first-order chi connectivity index (χ1) is 17.8. The molecule has 10 heteroatoms. The van der Waals surface area contributed by atoms with Gasteiger partial charge >= 0.3 is 0 Å². The summed E-state index contributed by atoms with van der Waals surface area (Å²) in [4.78, 5) is 47.8. The second-order valence-electron chi connectivity index (χ2n) is 9.92. The highest BCUT2D eigenvalue weighted by Gasteiger charge is 2.35. The molecule has 1 saturated carbocycles. The highest BCUT2D eigenvalue weighted by Crippen LogP contribution is 2.32. The van der Waals surface area contributed by atoms with Crippen LogP contribution in [0.1, 0.15) is 50.9 Å². The molecule has 1 aliphatic carbocycles. The SMILES string of the molecule is CC(=O)C(=[NH2+])c1cc(OCc2ncccn2)ccc1NCC(=O)N1CCC[C@H]1C(=O)NCC1CC(C)C1. The molecule has 2 fully saturated rings. The summed E-state index contributed by atoms with van der Waals surface area (Å²) >= 11 is 0. The zero-order chi connectivity index (χ0) is 26.4. The van der Waals surface area contributed by atoms with Crippen LogP contribution in [0, 0.1) is 11.8 Å². The van der Waals surface area contributed by atoms with E-state index in [2.05, 4.69) is 27.5 Å². The van der Waals surface area contributed by atoms with E-state index in [1.54, 1.807) is 41.6 Å². The van der Waals surface area contributed by atoms with Gasteiger partial charge in [-0.2, -0.15) is 0 Å². The van der Waals surface area contributed by atoms with Crippen molar-refractivity contribution in [3.05, 3.63) is 48.0 Å². The molecule has 0 spiro atoms. The van der Waals surface area contributed by atoms with Crippen molar-refractivity contribution in [2.45, 2.75) is 52.2 Å². The lowest BCUT2D eigenvalue weighted by atomic mass is 9.76. The first kappa shape index (κ1) is 26.2. The van der Waals surface area contributed by atoms with E-state index in [-0.39, 0.29) is 36.5 Å². The molecule has 1 aliphatic heterocycles. The van der Waals surface area contributed by atoms with Gasteiger partial charge in [0.2, 0.25) is 23.3 Å². The van der Waals surface area contributed by atoms with Crippen LogP contribution in [0.25, 0.3) is 0 Å². The number of rotatable bonds is 11. The fourth-order valence-corrected chi connectivity index (χ4v) is 4.94. The summed E-state index contributed by atoms with van der Waals surface area (Å²) in [6, 6.07) is 6.36. The van der Waals surface area contributed by atoms with E-state index >= 15 is 0 Å². The fourth-order valence-electron chi connectivity index (χ4n) is 4.94. The van der Waals surface area contributed by atoms with Gasteiger partial charge in [-0.05, 0) is 61.8 Å². The van der Waals surface area contributed by atoms with Crippen molar-refractivity contribution in [1.82, 2.24) is 20.2 Å². The summed E-state index contributed by atoms with van der Waals surface area (Å²) in [6.07, 6.45) is 7.00. The van der Waals surface area contributed by atoms with Crippen LogP contribution in [0.2, 0.25) is 0 Å². The number of nitrogens with zero attached hydrogens (tertiary/aromatic N) is 3. The molecule has 2 heterocycles. The number of Topliss-reactive ketones (excluding diaryl/α,β-unsaturated/α-hetero) is 1. The normalized spacial score (nSPS) is 20.6. The van der Waals surface area contributed by atoms with E-state index in [1.807, 2.05) is 0 Å². The Morgan fingerprint density at radius 2 is 1.95 bits per heavy atom. The van der Waals surface area contributed by atoms with Crippen molar-refractivity contribution in [2.75, 3.05) is 25.0 Å². The maximum Gasteiger partial charge on any atom is 0.249 e. The lowest BCUT2D eigenvalue weighted by molar-refractivity contribution is -0.137. The molecule has 0 radical (unpaired) electrons. The molecule has 37 heavy (non-hydrogen) atoms. The molecule has 1 aromatic heterocycles. The predicted octanol–water partition coefficient (Wildman–Crippen LogP) is 0.758. The number of hydrogen-bond acceptors (Lipinski definition) is 7. The van der Waals surface area contributed by atoms with Crippen LogP contribution < -0.4 is 20.8 Å². The topological polar surface area (TPSA) is 139 Å². The molecule has 1 aromatic carbocycles. The van der Waals surface area contributed by atoms with Gasteiger partial charge in [0, 0.05) is 38.1 Å². The van der Waals surface area contributed by atoms with Gasteiger partial charge in [-0.3, -0.25) is 19.8 Å². The van der Waals surface area contributed by atoms with Crippen molar-refractivity contribution in [3.63, 3.8) is 0 Å². The van der Waals surface area contributed by atoms with Gasteiger partial charge in [0.1, 0.15) is 18.4 Å². The highest BCUT2D eigenvalue weighted by molar-refractivity contribution is 6.44. The average molecular weight is 508 g/mol. The van der Waals surface area contributed by atoms with E-state index in [9.17, 15) is 14.4 Å². The van der Waals surface area contributed by atoms with Crippen LogP contribution in [-0.4, -0.2) is 63.9 Å². The number of nitrogens with one attached hydrogen (secondary N) is 2. The van der Waals surface area contributed by atoms with Crippen molar-refractivity contribution in [2.24, 2.45) is 11.8 Å². The minimum atomic E-state index is -0.448. The van der Waals surface area contributed by atoms with Gasteiger partial charge in [0.05, 0.1) is 12.1 Å². The molecule has 1 atom stereocenters. The summed E-state index contributed by atoms with van der Waals surface area (Å²) in [5.74, 6) is 1.73.